The second-order valence-corrected chi connectivity index (χ2v) is 6.70. The zero-order valence-electron chi connectivity index (χ0n) is 16.4. The van der Waals surface area contributed by atoms with Gasteiger partial charge >= 0.3 is 0 Å². The normalized spacial score (nSPS) is 10.4. The smallest absolute Gasteiger partial charge is 0.251 e. The number of hydrogen-bond donors (Lipinski definition) is 2. The largest absolute Gasteiger partial charge is 0.348 e. The van der Waals surface area contributed by atoms with Crippen molar-refractivity contribution in [2.45, 2.75) is 13.5 Å². The van der Waals surface area contributed by atoms with Gasteiger partial charge in [0, 0.05) is 54.3 Å². The average molecular weight is 396 g/mol. The first-order chi connectivity index (χ1) is 14.7. The van der Waals surface area contributed by atoms with Crippen molar-refractivity contribution in [2.75, 3.05) is 5.32 Å². The molecule has 1 amide bonds. The first kappa shape index (κ1) is 19.2. The number of carbonyl (C=O) groups is 1. The summed E-state index contributed by atoms with van der Waals surface area (Å²) >= 11 is 0. The number of anilines is 2. The van der Waals surface area contributed by atoms with Crippen LogP contribution in [0.3, 0.4) is 0 Å². The molecule has 7 heteroatoms. The first-order valence-corrected chi connectivity index (χ1v) is 9.47. The first-order valence-electron chi connectivity index (χ1n) is 9.47. The molecule has 4 aromatic rings. The van der Waals surface area contributed by atoms with Crippen LogP contribution in [-0.2, 0) is 6.54 Å². The number of aromatic nitrogens is 4. The summed E-state index contributed by atoms with van der Waals surface area (Å²) in [6.07, 6.45) is 8.58. The Morgan fingerprint density at radius 2 is 1.83 bits per heavy atom. The standard InChI is InChI=1S/C23H20N6O/c1-16-4-5-18(22(30)27-14-17-6-10-24-11-7-17)13-21(16)29-23-26-12-8-20(28-23)19-3-2-9-25-15-19/h2-13,15H,14H2,1H3,(H,27,30)(H,26,28,29). The van der Waals surface area contributed by atoms with E-state index in [0.717, 1.165) is 28.1 Å². The van der Waals surface area contributed by atoms with E-state index in [2.05, 4.69) is 30.6 Å². The minimum absolute atomic E-state index is 0.153. The van der Waals surface area contributed by atoms with Crippen molar-refractivity contribution in [3.63, 3.8) is 0 Å². The Morgan fingerprint density at radius 3 is 2.63 bits per heavy atom. The van der Waals surface area contributed by atoms with Crippen molar-refractivity contribution >= 4 is 17.5 Å². The van der Waals surface area contributed by atoms with E-state index in [4.69, 9.17) is 0 Å². The molecule has 0 aliphatic rings. The molecule has 4 rings (SSSR count). The molecular formula is C23H20N6O. The molecule has 1 aromatic carbocycles. The van der Waals surface area contributed by atoms with Gasteiger partial charge in [0.15, 0.2) is 0 Å². The van der Waals surface area contributed by atoms with Crippen LogP contribution in [0.2, 0.25) is 0 Å². The quantitative estimate of drug-likeness (QED) is 0.513. The zero-order valence-corrected chi connectivity index (χ0v) is 16.4. The number of amides is 1. The predicted octanol–water partition coefficient (Wildman–Crippen LogP) is 3.92. The Labute approximate surface area is 174 Å². The van der Waals surface area contributed by atoms with Crippen LogP contribution in [0, 0.1) is 6.92 Å². The molecule has 0 atom stereocenters. The second-order valence-electron chi connectivity index (χ2n) is 6.70. The lowest BCUT2D eigenvalue weighted by molar-refractivity contribution is 0.0951. The van der Waals surface area contributed by atoms with Gasteiger partial charge in [-0.25, -0.2) is 9.97 Å². The Morgan fingerprint density at radius 1 is 0.967 bits per heavy atom. The number of nitrogens with one attached hydrogen (secondary N) is 2. The fourth-order valence-corrected chi connectivity index (χ4v) is 2.90. The molecule has 2 N–H and O–H groups in total. The number of pyridine rings is 2. The fourth-order valence-electron chi connectivity index (χ4n) is 2.90. The summed E-state index contributed by atoms with van der Waals surface area (Å²) < 4.78 is 0. The summed E-state index contributed by atoms with van der Waals surface area (Å²) in [6, 6.07) is 14.9. The van der Waals surface area contributed by atoms with Crippen LogP contribution < -0.4 is 10.6 Å². The van der Waals surface area contributed by atoms with Crippen molar-refractivity contribution in [3.8, 4) is 11.3 Å². The maximum absolute atomic E-state index is 12.6. The highest BCUT2D eigenvalue weighted by Crippen LogP contribution is 2.22. The van der Waals surface area contributed by atoms with E-state index in [0.29, 0.717) is 18.1 Å². The highest BCUT2D eigenvalue weighted by Gasteiger charge is 2.10. The minimum atomic E-state index is -0.153. The van der Waals surface area contributed by atoms with Gasteiger partial charge in [-0.2, -0.15) is 0 Å². The molecule has 0 bridgehead atoms. The lowest BCUT2D eigenvalue weighted by Crippen LogP contribution is -2.22. The van der Waals surface area contributed by atoms with Gasteiger partial charge in [0.1, 0.15) is 0 Å². The highest BCUT2D eigenvalue weighted by molar-refractivity contribution is 5.95. The molecule has 0 saturated carbocycles. The molecule has 148 valence electrons. The van der Waals surface area contributed by atoms with Gasteiger partial charge in [0.05, 0.1) is 5.69 Å². The Hall–Kier alpha value is -4.13. The van der Waals surface area contributed by atoms with Crippen LogP contribution >= 0.6 is 0 Å². The molecule has 0 unspecified atom stereocenters. The topological polar surface area (TPSA) is 92.7 Å². The number of nitrogens with zero attached hydrogens (tertiary/aromatic N) is 4. The summed E-state index contributed by atoms with van der Waals surface area (Å²) in [5.41, 5.74) is 4.98. The molecule has 7 nitrogen and oxygen atoms in total. The maximum Gasteiger partial charge on any atom is 0.251 e. The third-order valence-corrected chi connectivity index (χ3v) is 4.56. The molecule has 30 heavy (non-hydrogen) atoms. The molecule has 0 fully saturated rings. The molecule has 0 aliphatic carbocycles. The lowest BCUT2D eigenvalue weighted by Gasteiger charge is -2.11. The van der Waals surface area contributed by atoms with Crippen LogP contribution in [0.5, 0.6) is 0 Å². The number of hydrogen-bond acceptors (Lipinski definition) is 6. The highest BCUT2D eigenvalue weighted by atomic mass is 16.1. The summed E-state index contributed by atoms with van der Waals surface area (Å²) in [5, 5.41) is 6.14. The molecule has 0 spiro atoms. The van der Waals surface area contributed by atoms with Gasteiger partial charge in [-0.05, 0) is 60.5 Å². The van der Waals surface area contributed by atoms with Gasteiger partial charge < -0.3 is 10.6 Å². The SMILES string of the molecule is Cc1ccc(C(=O)NCc2ccncc2)cc1Nc1nccc(-c2cccnc2)n1. The number of rotatable bonds is 6. The van der Waals surface area contributed by atoms with Crippen LogP contribution in [0.4, 0.5) is 11.6 Å². The summed E-state index contributed by atoms with van der Waals surface area (Å²) in [4.78, 5) is 29.6. The van der Waals surface area contributed by atoms with E-state index < -0.39 is 0 Å². The molecule has 0 aliphatic heterocycles. The summed E-state index contributed by atoms with van der Waals surface area (Å²) in [5.74, 6) is 0.300. The van der Waals surface area contributed by atoms with Gasteiger partial charge in [-0.15, -0.1) is 0 Å². The van der Waals surface area contributed by atoms with Crippen LogP contribution in [-0.4, -0.2) is 25.8 Å². The number of benzene rings is 1. The minimum Gasteiger partial charge on any atom is -0.348 e. The third kappa shape index (κ3) is 4.64. The van der Waals surface area contributed by atoms with E-state index in [9.17, 15) is 4.79 Å². The molecule has 0 saturated heterocycles. The van der Waals surface area contributed by atoms with Crippen molar-refractivity contribution in [2.24, 2.45) is 0 Å². The fraction of sp³-hybridized carbons (Fsp3) is 0.0870. The maximum atomic E-state index is 12.6. The van der Waals surface area contributed by atoms with E-state index in [1.807, 2.05) is 43.3 Å². The number of aryl methyl sites for hydroxylation is 1. The Balaban J connectivity index is 1.50. The average Bonchev–Trinajstić information content (AvgIpc) is 2.80. The zero-order chi connectivity index (χ0) is 20.8. The lowest BCUT2D eigenvalue weighted by atomic mass is 10.1. The van der Waals surface area contributed by atoms with E-state index >= 15 is 0 Å². The monoisotopic (exact) mass is 396 g/mol. The molecule has 3 aromatic heterocycles. The third-order valence-electron chi connectivity index (χ3n) is 4.56. The van der Waals surface area contributed by atoms with E-state index in [1.54, 1.807) is 43.1 Å². The second kappa shape index (κ2) is 8.91. The Kier molecular flexibility index (Phi) is 5.70. The number of carbonyl (C=O) groups excluding carboxylic acids is 1. The van der Waals surface area contributed by atoms with Crippen LogP contribution in [0.15, 0.2) is 79.5 Å². The van der Waals surface area contributed by atoms with E-state index in [1.165, 1.54) is 0 Å². The summed E-state index contributed by atoms with van der Waals surface area (Å²) in [7, 11) is 0. The van der Waals surface area contributed by atoms with Crippen molar-refractivity contribution < 1.29 is 4.79 Å². The predicted molar refractivity (Wildman–Crippen MR) is 115 cm³/mol. The van der Waals surface area contributed by atoms with Gasteiger partial charge in [-0.3, -0.25) is 14.8 Å². The van der Waals surface area contributed by atoms with Crippen LogP contribution in [0.25, 0.3) is 11.3 Å². The van der Waals surface area contributed by atoms with Gasteiger partial charge in [0.25, 0.3) is 5.91 Å². The van der Waals surface area contributed by atoms with Gasteiger partial charge in [0.2, 0.25) is 5.95 Å². The van der Waals surface area contributed by atoms with E-state index in [-0.39, 0.29) is 5.91 Å². The molecular weight excluding hydrogens is 376 g/mol. The van der Waals surface area contributed by atoms with Gasteiger partial charge in [-0.1, -0.05) is 6.07 Å². The van der Waals surface area contributed by atoms with Crippen molar-refractivity contribution in [1.82, 2.24) is 25.3 Å². The van der Waals surface area contributed by atoms with Crippen LogP contribution in [0.1, 0.15) is 21.5 Å². The molecule has 3 heterocycles. The molecule has 0 radical (unpaired) electrons. The van der Waals surface area contributed by atoms with Crippen molar-refractivity contribution in [1.29, 1.82) is 0 Å². The Bertz CT molecular complexity index is 1150. The van der Waals surface area contributed by atoms with Crippen molar-refractivity contribution in [3.05, 3.63) is 96.2 Å². The summed E-state index contributed by atoms with van der Waals surface area (Å²) in [6.45, 7) is 2.40.